The molecule has 6 amide bonds. The van der Waals surface area contributed by atoms with Crippen molar-refractivity contribution >= 4 is 80.8 Å². The molecule has 17 nitrogen and oxygen atoms in total. The van der Waals surface area contributed by atoms with Crippen LogP contribution in [0.2, 0.25) is 5.02 Å². The van der Waals surface area contributed by atoms with E-state index in [1.165, 1.54) is 24.5 Å². The number of nitrogens with one attached hydrogen (secondary N) is 4. The molecule has 0 aliphatic carbocycles. The zero-order chi connectivity index (χ0) is 46.3. The molecule has 0 saturated carbocycles. The van der Waals surface area contributed by atoms with Crippen LogP contribution >= 0.6 is 11.6 Å². The van der Waals surface area contributed by atoms with Gasteiger partial charge in [0.1, 0.15) is 29.8 Å². The number of rotatable bonds is 17. The number of anilines is 4. The van der Waals surface area contributed by atoms with Gasteiger partial charge < -0.3 is 30.5 Å². The van der Waals surface area contributed by atoms with Gasteiger partial charge in [-0.3, -0.25) is 43.9 Å². The van der Waals surface area contributed by atoms with Crippen LogP contribution in [0.25, 0.3) is 10.9 Å². The number of piperidine rings is 2. The van der Waals surface area contributed by atoms with E-state index in [4.69, 9.17) is 16.3 Å². The topological polar surface area (TPSA) is 199 Å². The Hall–Kier alpha value is -6.50. The van der Waals surface area contributed by atoms with E-state index in [0.29, 0.717) is 91.1 Å². The molecule has 4 N–H and O–H groups in total. The number of hydrogen-bond acceptors (Lipinski definition) is 13. The largest absolute Gasteiger partial charge is 0.491 e. The fourth-order valence-electron chi connectivity index (χ4n) is 9.05. The van der Waals surface area contributed by atoms with E-state index in [1.807, 2.05) is 4.90 Å². The van der Waals surface area contributed by atoms with Crippen LogP contribution in [-0.2, 0) is 19.2 Å². The lowest BCUT2D eigenvalue weighted by Crippen LogP contribution is -2.54. The van der Waals surface area contributed by atoms with Gasteiger partial charge in [0.05, 0.1) is 34.0 Å². The second-order valence-corrected chi connectivity index (χ2v) is 17.2. The van der Waals surface area contributed by atoms with Gasteiger partial charge in [-0.05, 0) is 94.1 Å². The number of benzene rings is 3. The number of amides is 6. The molecule has 0 radical (unpaired) electrons. The number of aromatic nitrogens is 2. The van der Waals surface area contributed by atoms with Gasteiger partial charge in [0, 0.05) is 81.0 Å². The van der Waals surface area contributed by atoms with E-state index in [-0.39, 0.29) is 34.9 Å². The van der Waals surface area contributed by atoms with Crippen LogP contribution in [0.1, 0.15) is 72.1 Å². The summed E-state index contributed by atoms with van der Waals surface area (Å²) in [6.07, 6.45) is 7.38. The van der Waals surface area contributed by atoms with Gasteiger partial charge in [-0.1, -0.05) is 24.2 Å². The lowest BCUT2D eigenvalue weighted by Gasteiger charge is -2.42. The first-order valence-corrected chi connectivity index (χ1v) is 22.7. The lowest BCUT2D eigenvalue weighted by molar-refractivity contribution is -0.136. The van der Waals surface area contributed by atoms with Crippen molar-refractivity contribution in [2.75, 3.05) is 74.9 Å². The molecule has 3 aromatic carbocycles. The summed E-state index contributed by atoms with van der Waals surface area (Å²) in [5.41, 5.74) is 2.51. The van der Waals surface area contributed by atoms with E-state index in [1.54, 1.807) is 36.4 Å². The molecule has 3 saturated heterocycles. The number of ether oxygens (including phenoxy) is 1. The highest BCUT2D eigenvalue weighted by atomic mass is 35.5. The van der Waals surface area contributed by atoms with E-state index in [9.17, 15) is 33.2 Å². The van der Waals surface area contributed by atoms with Gasteiger partial charge in [0.2, 0.25) is 23.6 Å². The van der Waals surface area contributed by atoms with Crippen molar-refractivity contribution in [3.63, 3.8) is 0 Å². The molecule has 346 valence electrons. The summed E-state index contributed by atoms with van der Waals surface area (Å²) in [7, 11) is 0. The molecule has 8 rings (SSSR count). The van der Waals surface area contributed by atoms with Crippen molar-refractivity contribution in [2.45, 2.75) is 63.5 Å². The summed E-state index contributed by atoms with van der Waals surface area (Å²) in [6, 6.07) is 12.2. The highest BCUT2D eigenvalue weighted by Gasteiger charge is 2.45. The van der Waals surface area contributed by atoms with Crippen LogP contribution in [0, 0.1) is 5.82 Å². The number of piperazine rings is 1. The van der Waals surface area contributed by atoms with Crippen molar-refractivity contribution in [2.24, 2.45) is 0 Å². The van der Waals surface area contributed by atoms with E-state index in [2.05, 4.69) is 47.6 Å². The third-order valence-corrected chi connectivity index (χ3v) is 12.9. The maximum Gasteiger partial charge on any atom is 0.264 e. The zero-order valence-electron chi connectivity index (χ0n) is 36.5. The third-order valence-electron chi connectivity index (χ3n) is 12.6. The Labute approximate surface area is 386 Å². The van der Waals surface area contributed by atoms with Crippen LogP contribution in [0.3, 0.4) is 0 Å². The Morgan fingerprint density at radius 1 is 0.924 bits per heavy atom. The second kappa shape index (κ2) is 20.8. The van der Waals surface area contributed by atoms with Crippen LogP contribution in [0.5, 0.6) is 5.75 Å². The molecule has 0 spiro atoms. The quantitative estimate of drug-likeness (QED) is 0.0601. The summed E-state index contributed by atoms with van der Waals surface area (Å²) in [6.45, 7) is 10.4. The van der Waals surface area contributed by atoms with E-state index in [0.717, 1.165) is 56.9 Å². The smallest absolute Gasteiger partial charge is 0.264 e. The number of hydrogen-bond donors (Lipinski definition) is 4. The normalized spacial score (nSPS) is 18.3. The number of imide groups is 2. The van der Waals surface area contributed by atoms with Gasteiger partial charge >= 0.3 is 0 Å². The van der Waals surface area contributed by atoms with Crippen molar-refractivity contribution in [3.05, 3.63) is 89.5 Å². The van der Waals surface area contributed by atoms with Crippen LogP contribution in [-0.4, -0.2) is 136 Å². The van der Waals surface area contributed by atoms with Crippen LogP contribution in [0.15, 0.2) is 67.5 Å². The molecule has 4 aliphatic heterocycles. The van der Waals surface area contributed by atoms with Crippen molar-refractivity contribution < 1.29 is 37.9 Å². The molecule has 5 heterocycles. The van der Waals surface area contributed by atoms with E-state index >= 15 is 0 Å². The zero-order valence-corrected chi connectivity index (χ0v) is 37.2. The Kier molecular flexibility index (Phi) is 14.5. The summed E-state index contributed by atoms with van der Waals surface area (Å²) in [5, 5.41) is 12.0. The first-order chi connectivity index (χ1) is 32.0. The number of nitrogens with zero attached hydrogens (tertiary/aromatic N) is 6. The van der Waals surface area contributed by atoms with Gasteiger partial charge in [0.15, 0.2) is 0 Å². The van der Waals surface area contributed by atoms with Crippen LogP contribution in [0.4, 0.5) is 27.3 Å². The number of fused-ring (bicyclic) bond motifs is 2. The predicted molar refractivity (Wildman–Crippen MR) is 246 cm³/mol. The molecule has 3 fully saturated rings. The average molecular weight is 923 g/mol. The molecule has 1 atom stereocenters. The first-order valence-electron chi connectivity index (χ1n) is 22.4. The molecule has 66 heavy (non-hydrogen) atoms. The van der Waals surface area contributed by atoms with Crippen LogP contribution < -0.4 is 26.0 Å². The van der Waals surface area contributed by atoms with Gasteiger partial charge in [-0.25, -0.2) is 14.4 Å². The molecule has 19 heteroatoms. The van der Waals surface area contributed by atoms with E-state index < -0.39 is 41.4 Å². The molecule has 0 bridgehead atoms. The third kappa shape index (κ3) is 10.5. The molecule has 1 aromatic heterocycles. The van der Waals surface area contributed by atoms with Crippen molar-refractivity contribution in [3.8, 4) is 5.75 Å². The lowest BCUT2D eigenvalue weighted by atomic mass is 10.0. The molecular weight excluding hydrogens is 871 g/mol. The maximum atomic E-state index is 13.8. The minimum absolute atomic E-state index is 0.0283. The molecule has 4 aromatic rings. The predicted octanol–water partition coefficient (Wildman–Crippen LogP) is 5.35. The Morgan fingerprint density at radius 2 is 1.73 bits per heavy atom. The van der Waals surface area contributed by atoms with Gasteiger partial charge in [0.25, 0.3) is 11.8 Å². The maximum absolute atomic E-state index is 13.8. The Bertz CT molecular complexity index is 2550. The minimum Gasteiger partial charge on any atom is -0.491 e. The monoisotopic (exact) mass is 922 g/mol. The number of likely N-dealkylation sites (tertiary alicyclic amines) is 1. The Morgan fingerprint density at radius 3 is 2.48 bits per heavy atom. The summed E-state index contributed by atoms with van der Waals surface area (Å²) >= 11 is 5.98. The van der Waals surface area contributed by atoms with Gasteiger partial charge in [-0.15, -0.1) is 0 Å². The average Bonchev–Trinajstić information content (AvgIpc) is 3.57. The summed E-state index contributed by atoms with van der Waals surface area (Å²) < 4.78 is 20.0. The van der Waals surface area contributed by atoms with Crippen molar-refractivity contribution in [1.29, 1.82) is 0 Å². The fourth-order valence-corrected chi connectivity index (χ4v) is 9.24. The second-order valence-electron chi connectivity index (χ2n) is 16.8. The fraction of sp³-hybridized carbons (Fsp3) is 0.404. The summed E-state index contributed by atoms with van der Waals surface area (Å²) in [4.78, 5) is 92.8. The SMILES string of the molecule is C=CC(=O)Nc1cc2c(Nc3ccc(F)c(Cl)c3)ncnc2cc1OCCCN1CCC(N2CCN(C(=O)CCCCNc3cccc4c3C(=O)N(C3CCC(=O)NC3=O)C4=O)CC2)CC1. The highest BCUT2D eigenvalue weighted by Crippen LogP contribution is 2.35. The minimum atomic E-state index is -1.02. The molecule has 1 unspecified atom stereocenters. The number of carbonyl (C=O) groups excluding carboxylic acids is 6. The van der Waals surface area contributed by atoms with Crippen molar-refractivity contribution in [1.82, 2.24) is 34.9 Å². The highest BCUT2D eigenvalue weighted by molar-refractivity contribution is 6.31. The van der Waals surface area contributed by atoms with Gasteiger partial charge in [-0.2, -0.15) is 0 Å². The number of carbonyl (C=O) groups is 6. The first kappa shape index (κ1) is 46.0. The number of unbranched alkanes of at least 4 members (excludes halogenated alkanes) is 1. The number of halogens is 2. The molecule has 4 aliphatic rings. The standard InChI is InChI=1S/C47H52ClFN10O7/c1-2-40(60)54-37-26-32-36(51-28-52-44(32)53-29-10-11-34(49)33(48)25-29)27-39(37)66-24-6-17-56-18-14-30(15-19-56)57-20-22-58(23-21-57)42(62)9-3-4-16-50-35-8-5-7-31-43(35)47(65)59(46(31)64)38-12-13-41(61)55-45(38)63/h2,5,7-8,10-11,25-28,30,38,50H,1,3-4,6,9,12-24H2,(H,54,60)(H,51,52,53)(H,55,61,63). The molecular formula is C47H52ClFN10O7. The summed E-state index contributed by atoms with van der Waals surface area (Å²) in [5.74, 6) is -2.06. The Balaban J connectivity index is 0.735.